The van der Waals surface area contributed by atoms with Crippen LogP contribution in [0.5, 0.6) is 0 Å². The maximum absolute atomic E-state index is 11.6. The van der Waals surface area contributed by atoms with Crippen molar-refractivity contribution in [3.05, 3.63) is 0 Å². The number of hydrogen-bond donors (Lipinski definition) is 2. The Morgan fingerprint density at radius 2 is 2.10 bits per heavy atom. The van der Waals surface area contributed by atoms with Gasteiger partial charge in [-0.05, 0) is 0 Å². The summed E-state index contributed by atoms with van der Waals surface area (Å²) < 4.78 is 5.13. The number of ether oxygens (including phenoxy) is 1. The predicted octanol–water partition coefficient (Wildman–Crippen LogP) is -1.17. The summed E-state index contributed by atoms with van der Waals surface area (Å²) in [5.74, 6) is 0.330. The summed E-state index contributed by atoms with van der Waals surface area (Å²) in [7, 11) is 3.15. The number of hydrogen-bond acceptors (Lipinski definition) is 5. The zero-order valence-corrected chi connectivity index (χ0v) is 12.6. The molecule has 1 aliphatic rings. The van der Waals surface area contributed by atoms with Crippen LogP contribution in [0.4, 0.5) is 0 Å². The molecule has 1 rings (SSSR count). The van der Waals surface area contributed by atoms with Crippen molar-refractivity contribution in [3.63, 3.8) is 0 Å². The van der Waals surface area contributed by atoms with Gasteiger partial charge in [0.25, 0.3) is 0 Å². The molecule has 1 heterocycles. The number of nitrogens with zero attached hydrogens (tertiary/aromatic N) is 1. The second kappa shape index (κ2) is 8.80. The van der Waals surface area contributed by atoms with Gasteiger partial charge in [0.1, 0.15) is 0 Å². The molecule has 2 N–H and O–H groups in total. The number of rotatable bonds is 8. The van der Waals surface area contributed by atoms with Crippen molar-refractivity contribution in [1.82, 2.24) is 15.5 Å². The normalized spacial score (nSPS) is 18.2. The monoisotopic (exact) mass is 303 g/mol. The Hall–Kier alpha value is -1.28. The Labute approximate surface area is 122 Å². The van der Waals surface area contributed by atoms with Gasteiger partial charge < -0.3 is 20.3 Å². The molecule has 1 saturated heterocycles. The van der Waals surface area contributed by atoms with Crippen molar-refractivity contribution >= 4 is 29.5 Å². The molecule has 0 aromatic heterocycles. The number of likely N-dealkylation sites (tertiary alicyclic amines) is 1. The van der Waals surface area contributed by atoms with Crippen molar-refractivity contribution in [2.45, 2.75) is 12.5 Å². The predicted molar refractivity (Wildman–Crippen MR) is 76.4 cm³/mol. The first kappa shape index (κ1) is 16.8. The molecular formula is C12H21N3O4S. The highest BCUT2D eigenvalue weighted by molar-refractivity contribution is 8.00. The lowest BCUT2D eigenvalue weighted by Gasteiger charge is -2.16. The van der Waals surface area contributed by atoms with Gasteiger partial charge in [-0.2, -0.15) is 0 Å². The van der Waals surface area contributed by atoms with Crippen molar-refractivity contribution in [1.29, 1.82) is 0 Å². The van der Waals surface area contributed by atoms with E-state index in [9.17, 15) is 14.4 Å². The SMILES string of the molecule is CNC(=O)CSCC(=O)NCCN1C[C@H](OC)CC1=O. The van der Waals surface area contributed by atoms with E-state index >= 15 is 0 Å². The first-order valence-corrected chi connectivity index (χ1v) is 7.58. The highest BCUT2D eigenvalue weighted by Gasteiger charge is 2.28. The molecule has 0 unspecified atom stereocenters. The standard InChI is InChI=1S/C12H21N3O4S/c1-13-10(16)7-20-8-11(17)14-3-4-15-6-9(19-2)5-12(15)18/h9H,3-8H2,1-2H3,(H,13,16)(H,14,17)/t9-/m1/s1. The van der Waals surface area contributed by atoms with E-state index in [-0.39, 0.29) is 35.3 Å². The van der Waals surface area contributed by atoms with E-state index in [0.717, 1.165) is 0 Å². The Bertz CT molecular complexity index is 365. The van der Waals surface area contributed by atoms with Gasteiger partial charge in [0.2, 0.25) is 17.7 Å². The summed E-state index contributed by atoms with van der Waals surface area (Å²) in [6, 6.07) is 0. The van der Waals surface area contributed by atoms with Gasteiger partial charge in [0.05, 0.1) is 24.0 Å². The zero-order valence-electron chi connectivity index (χ0n) is 11.8. The van der Waals surface area contributed by atoms with E-state index in [0.29, 0.717) is 26.1 Å². The van der Waals surface area contributed by atoms with Crippen LogP contribution in [0.1, 0.15) is 6.42 Å². The topological polar surface area (TPSA) is 87.7 Å². The minimum Gasteiger partial charge on any atom is -0.379 e. The van der Waals surface area contributed by atoms with Gasteiger partial charge in [-0.25, -0.2) is 0 Å². The fourth-order valence-corrected chi connectivity index (χ4v) is 2.52. The van der Waals surface area contributed by atoms with Crippen LogP contribution in [-0.4, -0.2) is 74.0 Å². The zero-order chi connectivity index (χ0) is 15.0. The molecule has 0 spiro atoms. The number of thioether (sulfide) groups is 1. The summed E-state index contributed by atoms with van der Waals surface area (Å²) in [4.78, 5) is 35.7. The molecule has 1 atom stereocenters. The first-order valence-electron chi connectivity index (χ1n) is 6.42. The van der Waals surface area contributed by atoms with Gasteiger partial charge in [-0.3, -0.25) is 14.4 Å². The van der Waals surface area contributed by atoms with Crippen LogP contribution in [0.25, 0.3) is 0 Å². The first-order chi connectivity index (χ1) is 9.56. The van der Waals surface area contributed by atoms with Gasteiger partial charge in [0, 0.05) is 33.8 Å². The Kier molecular flexibility index (Phi) is 7.38. The lowest BCUT2D eigenvalue weighted by Crippen LogP contribution is -2.37. The third-order valence-corrected chi connectivity index (χ3v) is 3.89. The second-order valence-electron chi connectivity index (χ2n) is 4.42. The number of nitrogens with one attached hydrogen (secondary N) is 2. The maximum Gasteiger partial charge on any atom is 0.230 e. The van der Waals surface area contributed by atoms with E-state index in [2.05, 4.69) is 10.6 Å². The van der Waals surface area contributed by atoms with Crippen LogP contribution in [0.2, 0.25) is 0 Å². The molecule has 0 aliphatic carbocycles. The molecule has 0 radical (unpaired) electrons. The van der Waals surface area contributed by atoms with Gasteiger partial charge in [-0.1, -0.05) is 0 Å². The fourth-order valence-electron chi connectivity index (χ4n) is 1.80. The van der Waals surface area contributed by atoms with Crippen molar-refractivity contribution in [2.24, 2.45) is 0 Å². The van der Waals surface area contributed by atoms with Crippen LogP contribution < -0.4 is 10.6 Å². The van der Waals surface area contributed by atoms with Crippen molar-refractivity contribution in [2.75, 3.05) is 45.3 Å². The van der Waals surface area contributed by atoms with Crippen LogP contribution in [0, 0.1) is 0 Å². The van der Waals surface area contributed by atoms with Gasteiger partial charge >= 0.3 is 0 Å². The van der Waals surface area contributed by atoms with Gasteiger partial charge in [-0.15, -0.1) is 11.8 Å². The molecule has 1 fully saturated rings. The lowest BCUT2D eigenvalue weighted by atomic mass is 10.3. The molecule has 8 heteroatoms. The molecule has 7 nitrogen and oxygen atoms in total. The van der Waals surface area contributed by atoms with Crippen LogP contribution in [0.15, 0.2) is 0 Å². The molecule has 20 heavy (non-hydrogen) atoms. The van der Waals surface area contributed by atoms with Crippen LogP contribution in [-0.2, 0) is 19.1 Å². The molecule has 3 amide bonds. The van der Waals surface area contributed by atoms with E-state index in [1.807, 2.05) is 0 Å². The minimum absolute atomic E-state index is 0.0405. The average molecular weight is 303 g/mol. The maximum atomic E-state index is 11.6. The molecule has 0 aromatic carbocycles. The Morgan fingerprint density at radius 3 is 2.70 bits per heavy atom. The highest BCUT2D eigenvalue weighted by Crippen LogP contribution is 2.12. The summed E-state index contributed by atoms with van der Waals surface area (Å²) in [6.07, 6.45) is 0.369. The quantitative estimate of drug-likeness (QED) is 0.590. The van der Waals surface area contributed by atoms with Gasteiger partial charge in [0.15, 0.2) is 0 Å². The number of methoxy groups -OCH3 is 1. The second-order valence-corrected chi connectivity index (χ2v) is 5.40. The van der Waals surface area contributed by atoms with E-state index in [1.54, 1.807) is 19.1 Å². The Balaban J connectivity index is 2.10. The lowest BCUT2D eigenvalue weighted by molar-refractivity contribution is -0.128. The molecule has 0 bridgehead atoms. The third kappa shape index (κ3) is 5.79. The number of amides is 3. The average Bonchev–Trinajstić information content (AvgIpc) is 2.79. The van der Waals surface area contributed by atoms with Crippen LogP contribution >= 0.6 is 11.8 Å². The Morgan fingerprint density at radius 1 is 1.40 bits per heavy atom. The molecule has 0 aromatic rings. The number of carbonyl (C=O) groups excluding carboxylic acids is 3. The fraction of sp³-hybridized carbons (Fsp3) is 0.750. The summed E-state index contributed by atoms with van der Waals surface area (Å²) in [6.45, 7) is 1.49. The van der Waals surface area contributed by atoms with Crippen molar-refractivity contribution < 1.29 is 19.1 Å². The smallest absolute Gasteiger partial charge is 0.230 e. The molecule has 1 aliphatic heterocycles. The summed E-state index contributed by atoms with van der Waals surface area (Å²) >= 11 is 1.26. The summed E-state index contributed by atoms with van der Waals surface area (Å²) in [5.41, 5.74) is 0. The highest BCUT2D eigenvalue weighted by atomic mass is 32.2. The molecular weight excluding hydrogens is 282 g/mol. The van der Waals surface area contributed by atoms with E-state index in [1.165, 1.54) is 11.8 Å². The van der Waals surface area contributed by atoms with E-state index in [4.69, 9.17) is 4.74 Å². The van der Waals surface area contributed by atoms with Crippen molar-refractivity contribution in [3.8, 4) is 0 Å². The third-order valence-electron chi connectivity index (χ3n) is 2.96. The van der Waals surface area contributed by atoms with Crippen LogP contribution in [0.3, 0.4) is 0 Å². The van der Waals surface area contributed by atoms with E-state index < -0.39 is 0 Å². The molecule has 0 saturated carbocycles. The number of carbonyl (C=O) groups is 3. The molecule has 114 valence electrons. The summed E-state index contributed by atoms with van der Waals surface area (Å²) in [5, 5.41) is 5.21. The largest absolute Gasteiger partial charge is 0.379 e. The minimum atomic E-state index is -0.131.